The van der Waals surface area contributed by atoms with Gasteiger partial charge in [0.1, 0.15) is 11.6 Å². The summed E-state index contributed by atoms with van der Waals surface area (Å²) in [5.41, 5.74) is 5.34. The molecule has 1 heterocycles. The SMILES string of the molecule is O=C(CCN1C(=O)COc2ccccc21)NNC(=O)c1ccc(F)cc1. The van der Waals surface area contributed by atoms with Gasteiger partial charge < -0.3 is 9.64 Å². The molecule has 0 atom stereocenters. The largest absolute Gasteiger partial charge is 0.482 e. The van der Waals surface area contributed by atoms with E-state index in [0.29, 0.717) is 11.4 Å². The lowest BCUT2D eigenvalue weighted by atomic mass is 10.2. The molecule has 0 aliphatic carbocycles. The van der Waals surface area contributed by atoms with Crippen LogP contribution in [-0.2, 0) is 9.59 Å². The van der Waals surface area contributed by atoms with E-state index in [2.05, 4.69) is 10.9 Å². The molecular weight excluding hydrogens is 341 g/mol. The molecule has 1 aliphatic heterocycles. The van der Waals surface area contributed by atoms with Crippen molar-refractivity contribution in [2.45, 2.75) is 6.42 Å². The van der Waals surface area contributed by atoms with E-state index >= 15 is 0 Å². The summed E-state index contributed by atoms with van der Waals surface area (Å²) in [5, 5.41) is 0. The van der Waals surface area contributed by atoms with Gasteiger partial charge in [0.15, 0.2) is 6.61 Å². The van der Waals surface area contributed by atoms with Crippen LogP contribution in [0.3, 0.4) is 0 Å². The lowest BCUT2D eigenvalue weighted by Crippen LogP contribution is -2.44. The fourth-order valence-electron chi connectivity index (χ4n) is 2.47. The van der Waals surface area contributed by atoms with Gasteiger partial charge in [-0.1, -0.05) is 12.1 Å². The molecule has 0 aromatic heterocycles. The van der Waals surface area contributed by atoms with E-state index in [-0.39, 0.29) is 31.0 Å². The van der Waals surface area contributed by atoms with Gasteiger partial charge in [-0.05, 0) is 36.4 Å². The van der Waals surface area contributed by atoms with Crippen LogP contribution in [0.4, 0.5) is 10.1 Å². The minimum absolute atomic E-state index is 0.0101. The Hall–Kier alpha value is -3.42. The molecule has 0 radical (unpaired) electrons. The summed E-state index contributed by atoms with van der Waals surface area (Å²) in [6.45, 7) is 0.0669. The number of anilines is 1. The predicted octanol–water partition coefficient (Wildman–Crippen LogP) is 1.40. The normalized spacial score (nSPS) is 12.8. The van der Waals surface area contributed by atoms with E-state index in [1.54, 1.807) is 24.3 Å². The molecule has 2 N–H and O–H groups in total. The number of carbonyl (C=O) groups excluding carboxylic acids is 3. The van der Waals surface area contributed by atoms with E-state index in [9.17, 15) is 18.8 Å². The van der Waals surface area contributed by atoms with Gasteiger partial charge in [-0.25, -0.2) is 4.39 Å². The van der Waals surface area contributed by atoms with Crippen LogP contribution >= 0.6 is 0 Å². The van der Waals surface area contributed by atoms with Crippen molar-refractivity contribution in [2.75, 3.05) is 18.1 Å². The standard InChI is InChI=1S/C18H16FN3O4/c19-13-7-5-12(6-8-13)18(25)21-20-16(23)9-10-22-14-3-1-2-4-15(14)26-11-17(22)24/h1-8H,9-11H2,(H,20,23)(H,21,25). The zero-order valence-electron chi connectivity index (χ0n) is 13.7. The molecule has 26 heavy (non-hydrogen) atoms. The molecule has 3 amide bonds. The molecule has 2 aromatic carbocycles. The number of carbonyl (C=O) groups is 3. The first kappa shape index (κ1) is 17.4. The number of rotatable bonds is 4. The van der Waals surface area contributed by atoms with Crippen molar-refractivity contribution in [3.8, 4) is 5.75 Å². The molecule has 0 saturated heterocycles. The Balaban J connectivity index is 1.52. The van der Waals surface area contributed by atoms with Crippen LogP contribution in [0.2, 0.25) is 0 Å². The first-order chi connectivity index (χ1) is 12.5. The first-order valence-corrected chi connectivity index (χ1v) is 7.91. The number of hydrazine groups is 1. The second-order valence-electron chi connectivity index (χ2n) is 5.56. The van der Waals surface area contributed by atoms with Crippen molar-refractivity contribution in [1.29, 1.82) is 0 Å². The van der Waals surface area contributed by atoms with Gasteiger partial charge in [-0.15, -0.1) is 0 Å². The Morgan fingerprint density at radius 2 is 1.81 bits per heavy atom. The molecule has 7 nitrogen and oxygen atoms in total. The maximum Gasteiger partial charge on any atom is 0.269 e. The van der Waals surface area contributed by atoms with Crippen LogP contribution in [0.1, 0.15) is 16.8 Å². The van der Waals surface area contributed by atoms with Gasteiger partial charge in [0.2, 0.25) is 5.91 Å². The molecule has 0 fully saturated rings. The van der Waals surface area contributed by atoms with Crippen molar-refractivity contribution in [3.05, 3.63) is 59.9 Å². The van der Waals surface area contributed by atoms with Crippen LogP contribution in [0, 0.1) is 5.82 Å². The third-order valence-electron chi connectivity index (χ3n) is 3.79. The predicted molar refractivity (Wildman–Crippen MR) is 90.9 cm³/mol. The number of nitrogens with one attached hydrogen (secondary N) is 2. The summed E-state index contributed by atoms with van der Waals surface area (Å²) in [6, 6.07) is 12.0. The molecule has 0 bridgehead atoms. The van der Waals surface area contributed by atoms with Crippen LogP contribution in [0.5, 0.6) is 5.75 Å². The smallest absolute Gasteiger partial charge is 0.269 e. The zero-order chi connectivity index (χ0) is 18.5. The maximum atomic E-state index is 12.8. The maximum absolute atomic E-state index is 12.8. The fraction of sp³-hybridized carbons (Fsp3) is 0.167. The molecule has 0 saturated carbocycles. The third-order valence-corrected chi connectivity index (χ3v) is 3.79. The minimum atomic E-state index is -0.564. The summed E-state index contributed by atoms with van der Waals surface area (Å²) in [7, 11) is 0. The summed E-state index contributed by atoms with van der Waals surface area (Å²) in [4.78, 5) is 37.3. The molecule has 0 spiro atoms. The van der Waals surface area contributed by atoms with Gasteiger partial charge in [0.25, 0.3) is 11.8 Å². The van der Waals surface area contributed by atoms with E-state index in [1.165, 1.54) is 17.0 Å². The Bertz CT molecular complexity index is 839. The quantitative estimate of drug-likeness (QED) is 0.810. The Kier molecular flexibility index (Phi) is 5.12. The van der Waals surface area contributed by atoms with Crippen LogP contribution in [-0.4, -0.2) is 30.9 Å². The number of halogens is 1. The highest BCUT2D eigenvalue weighted by molar-refractivity contribution is 5.98. The number of nitrogens with zero attached hydrogens (tertiary/aromatic N) is 1. The summed E-state index contributed by atoms with van der Waals surface area (Å²) < 4.78 is 18.2. The summed E-state index contributed by atoms with van der Waals surface area (Å²) in [5.74, 6) is -1.15. The van der Waals surface area contributed by atoms with Gasteiger partial charge in [-0.2, -0.15) is 0 Å². The second kappa shape index (κ2) is 7.64. The van der Waals surface area contributed by atoms with Gasteiger partial charge in [0, 0.05) is 18.5 Å². The third kappa shape index (κ3) is 3.97. The second-order valence-corrected chi connectivity index (χ2v) is 5.56. The van der Waals surface area contributed by atoms with Crippen molar-refractivity contribution >= 4 is 23.4 Å². The van der Waals surface area contributed by atoms with Crippen molar-refractivity contribution in [3.63, 3.8) is 0 Å². The highest BCUT2D eigenvalue weighted by atomic mass is 19.1. The highest BCUT2D eigenvalue weighted by Gasteiger charge is 2.25. The Labute approximate surface area is 148 Å². The molecule has 1 aliphatic rings. The summed E-state index contributed by atoms with van der Waals surface area (Å²) in [6.07, 6.45) is -0.0101. The average molecular weight is 357 g/mol. The van der Waals surface area contributed by atoms with E-state index in [1.807, 2.05) is 0 Å². The zero-order valence-corrected chi connectivity index (χ0v) is 13.7. The molecular formula is C18H16FN3O4. The van der Waals surface area contributed by atoms with E-state index in [0.717, 1.165) is 12.1 Å². The lowest BCUT2D eigenvalue weighted by Gasteiger charge is -2.29. The number of benzene rings is 2. The van der Waals surface area contributed by atoms with E-state index in [4.69, 9.17) is 4.74 Å². The number of hydrogen-bond acceptors (Lipinski definition) is 4. The number of ether oxygens (including phenoxy) is 1. The Morgan fingerprint density at radius 1 is 1.08 bits per heavy atom. The highest BCUT2D eigenvalue weighted by Crippen LogP contribution is 2.31. The fourth-order valence-corrected chi connectivity index (χ4v) is 2.47. The first-order valence-electron chi connectivity index (χ1n) is 7.91. The van der Waals surface area contributed by atoms with Crippen molar-refractivity contribution < 1.29 is 23.5 Å². The van der Waals surface area contributed by atoms with E-state index < -0.39 is 17.6 Å². The monoisotopic (exact) mass is 357 g/mol. The topological polar surface area (TPSA) is 87.7 Å². The lowest BCUT2D eigenvalue weighted by molar-refractivity contribution is -0.122. The molecule has 3 rings (SSSR count). The average Bonchev–Trinajstić information content (AvgIpc) is 2.66. The summed E-state index contributed by atoms with van der Waals surface area (Å²) >= 11 is 0. The molecule has 8 heteroatoms. The number of amides is 3. The molecule has 134 valence electrons. The minimum Gasteiger partial charge on any atom is -0.482 e. The molecule has 2 aromatic rings. The van der Waals surface area contributed by atoms with Crippen LogP contribution < -0.4 is 20.5 Å². The van der Waals surface area contributed by atoms with Crippen LogP contribution in [0.25, 0.3) is 0 Å². The number of fused-ring (bicyclic) bond motifs is 1. The van der Waals surface area contributed by atoms with Gasteiger partial charge >= 0.3 is 0 Å². The van der Waals surface area contributed by atoms with Gasteiger partial charge in [0.05, 0.1) is 5.69 Å². The Morgan fingerprint density at radius 3 is 2.58 bits per heavy atom. The number of hydrogen-bond donors (Lipinski definition) is 2. The van der Waals surface area contributed by atoms with Crippen LogP contribution in [0.15, 0.2) is 48.5 Å². The number of para-hydroxylation sites is 2. The van der Waals surface area contributed by atoms with Crippen molar-refractivity contribution in [1.82, 2.24) is 10.9 Å². The molecule has 0 unspecified atom stereocenters. The van der Waals surface area contributed by atoms with Crippen molar-refractivity contribution in [2.24, 2.45) is 0 Å². The van der Waals surface area contributed by atoms with Gasteiger partial charge in [-0.3, -0.25) is 25.2 Å².